The monoisotopic (exact) mass is 257 g/mol. The van der Waals surface area contributed by atoms with E-state index in [2.05, 4.69) is 32.9 Å². The molecule has 0 saturated carbocycles. The molecule has 2 heteroatoms. The van der Waals surface area contributed by atoms with Crippen molar-refractivity contribution in [3.05, 3.63) is 40.5 Å². The number of hydrogen-bond acceptors (Lipinski definition) is 1. The van der Waals surface area contributed by atoms with Crippen LogP contribution in [-0.4, -0.2) is 23.9 Å². The highest BCUT2D eigenvalue weighted by Crippen LogP contribution is 2.17. The number of aryl methyl sites for hydroxylation is 2. The lowest BCUT2D eigenvalue weighted by Crippen LogP contribution is -2.34. The molecule has 1 heterocycles. The molecule has 1 amide bonds. The lowest BCUT2D eigenvalue weighted by atomic mass is 10.0. The van der Waals surface area contributed by atoms with E-state index in [1.165, 1.54) is 23.1 Å². The van der Waals surface area contributed by atoms with Crippen molar-refractivity contribution >= 4 is 12.0 Å². The quantitative estimate of drug-likeness (QED) is 0.741. The lowest BCUT2D eigenvalue weighted by Gasteiger charge is -2.25. The fraction of sp³-hybridized carbons (Fsp3) is 0.471. The van der Waals surface area contributed by atoms with Crippen LogP contribution in [0.3, 0.4) is 0 Å². The molecule has 0 aliphatic carbocycles. The van der Waals surface area contributed by atoms with Crippen molar-refractivity contribution in [2.45, 2.75) is 40.0 Å². The Labute approximate surface area is 116 Å². The minimum Gasteiger partial charge on any atom is -0.339 e. The fourth-order valence-electron chi connectivity index (χ4n) is 2.55. The van der Waals surface area contributed by atoms with E-state index in [1.54, 1.807) is 6.08 Å². The maximum Gasteiger partial charge on any atom is 0.246 e. The summed E-state index contributed by atoms with van der Waals surface area (Å²) >= 11 is 0. The summed E-state index contributed by atoms with van der Waals surface area (Å²) in [5.41, 5.74) is 5.01. The van der Waals surface area contributed by atoms with Gasteiger partial charge in [-0.15, -0.1) is 0 Å². The Balaban J connectivity index is 2.07. The second-order valence-electron chi connectivity index (χ2n) is 5.50. The smallest absolute Gasteiger partial charge is 0.246 e. The zero-order valence-corrected chi connectivity index (χ0v) is 12.2. The standard InChI is InChI=1S/C17H23NO/c1-13-11-16(12-14(2)15(13)3)7-8-17(19)18-9-5-4-6-10-18/h7-8,11-12H,4-6,9-10H2,1-3H3/b8-7+. The van der Waals surface area contributed by atoms with E-state index in [0.717, 1.165) is 31.5 Å². The molecule has 1 aromatic rings. The molecule has 0 N–H and O–H groups in total. The van der Waals surface area contributed by atoms with Crippen LogP contribution in [0.4, 0.5) is 0 Å². The van der Waals surface area contributed by atoms with Crippen LogP contribution < -0.4 is 0 Å². The normalized spacial score (nSPS) is 16.1. The maximum atomic E-state index is 12.0. The van der Waals surface area contributed by atoms with Crippen molar-refractivity contribution in [1.82, 2.24) is 4.90 Å². The number of nitrogens with zero attached hydrogens (tertiary/aromatic N) is 1. The van der Waals surface area contributed by atoms with Crippen LogP contribution in [0.5, 0.6) is 0 Å². The zero-order chi connectivity index (χ0) is 13.8. The molecule has 1 fully saturated rings. The highest BCUT2D eigenvalue weighted by atomic mass is 16.2. The molecule has 0 aromatic heterocycles. The van der Waals surface area contributed by atoms with E-state index in [-0.39, 0.29) is 5.91 Å². The SMILES string of the molecule is Cc1cc(/C=C/C(=O)N2CCCCC2)cc(C)c1C. The molecule has 0 radical (unpaired) electrons. The van der Waals surface area contributed by atoms with Crippen LogP contribution in [0, 0.1) is 20.8 Å². The summed E-state index contributed by atoms with van der Waals surface area (Å²) in [5, 5.41) is 0. The molecule has 2 nitrogen and oxygen atoms in total. The second kappa shape index (κ2) is 6.05. The van der Waals surface area contributed by atoms with Crippen LogP contribution in [0.15, 0.2) is 18.2 Å². The molecule has 0 bridgehead atoms. The summed E-state index contributed by atoms with van der Waals surface area (Å²) in [5.74, 6) is 0.149. The van der Waals surface area contributed by atoms with Gasteiger partial charge in [0, 0.05) is 19.2 Å². The summed E-state index contributed by atoms with van der Waals surface area (Å²) in [6.45, 7) is 8.19. The first-order valence-electron chi connectivity index (χ1n) is 7.13. The summed E-state index contributed by atoms with van der Waals surface area (Å²) in [6.07, 6.45) is 7.19. The molecule has 0 atom stereocenters. The van der Waals surface area contributed by atoms with Gasteiger partial charge >= 0.3 is 0 Å². The predicted molar refractivity (Wildman–Crippen MR) is 80.1 cm³/mol. The second-order valence-corrected chi connectivity index (χ2v) is 5.50. The van der Waals surface area contributed by atoms with Crippen LogP contribution in [0.1, 0.15) is 41.5 Å². The van der Waals surface area contributed by atoms with Gasteiger partial charge in [-0.2, -0.15) is 0 Å². The molecule has 19 heavy (non-hydrogen) atoms. The number of amides is 1. The molecule has 0 spiro atoms. The summed E-state index contributed by atoms with van der Waals surface area (Å²) in [4.78, 5) is 14.0. The number of carbonyl (C=O) groups is 1. The Morgan fingerprint density at radius 1 is 1.05 bits per heavy atom. The molecule has 1 aliphatic heterocycles. The Hall–Kier alpha value is -1.57. The van der Waals surface area contributed by atoms with Gasteiger partial charge in [0.25, 0.3) is 0 Å². The van der Waals surface area contributed by atoms with Gasteiger partial charge in [-0.05, 0) is 68.4 Å². The molecular weight excluding hydrogens is 234 g/mol. The van der Waals surface area contributed by atoms with Crippen molar-refractivity contribution in [2.75, 3.05) is 13.1 Å². The lowest BCUT2D eigenvalue weighted by molar-refractivity contribution is -0.126. The number of rotatable bonds is 2. The summed E-state index contributed by atoms with van der Waals surface area (Å²) < 4.78 is 0. The van der Waals surface area contributed by atoms with E-state index in [0.29, 0.717) is 0 Å². The van der Waals surface area contributed by atoms with Crippen molar-refractivity contribution in [2.24, 2.45) is 0 Å². The minimum atomic E-state index is 0.149. The molecule has 1 saturated heterocycles. The molecule has 1 aromatic carbocycles. The van der Waals surface area contributed by atoms with Gasteiger partial charge in [0.05, 0.1) is 0 Å². The molecule has 2 rings (SSSR count). The van der Waals surface area contributed by atoms with E-state index in [4.69, 9.17) is 0 Å². The third-order valence-electron chi connectivity index (χ3n) is 4.04. The van der Waals surface area contributed by atoms with Crippen LogP contribution in [0.2, 0.25) is 0 Å². The fourth-order valence-corrected chi connectivity index (χ4v) is 2.55. The van der Waals surface area contributed by atoms with Crippen molar-refractivity contribution in [3.63, 3.8) is 0 Å². The molecule has 0 unspecified atom stereocenters. The van der Waals surface area contributed by atoms with Crippen LogP contribution in [-0.2, 0) is 4.79 Å². The highest BCUT2D eigenvalue weighted by Gasteiger charge is 2.13. The van der Waals surface area contributed by atoms with Crippen LogP contribution in [0.25, 0.3) is 6.08 Å². The van der Waals surface area contributed by atoms with E-state index < -0.39 is 0 Å². The van der Waals surface area contributed by atoms with E-state index >= 15 is 0 Å². The summed E-state index contributed by atoms with van der Waals surface area (Å²) in [7, 11) is 0. The van der Waals surface area contributed by atoms with Gasteiger partial charge < -0.3 is 4.90 Å². The zero-order valence-electron chi connectivity index (χ0n) is 12.2. The van der Waals surface area contributed by atoms with Gasteiger partial charge in [0.15, 0.2) is 0 Å². The van der Waals surface area contributed by atoms with Gasteiger partial charge in [-0.1, -0.05) is 12.1 Å². The molecule has 102 valence electrons. The first kappa shape index (κ1) is 13.9. The highest BCUT2D eigenvalue weighted by molar-refractivity contribution is 5.91. The first-order valence-corrected chi connectivity index (χ1v) is 7.13. The molecule has 1 aliphatic rings. The van der Waals surface area contributed by atoms with Crippen molar-refractivity contribution in [3.8, 4) is 0 Å². The van der Waals surface area contributed by atoms with Gasteiger partial charge in [-0.25, -0.2) is 0 Å². The van der Waals surface area contributed by atoms with E-state index in [1.807, 2.05) is 11.0 Å². The number of carbonyl (C=O) groups excluding carboxylic acids is 1. The summed E-state index contributed by atoms with van der Waals surface area (Å²) in [6, 6.07) is 4.28. The average Bonchev–Trinajstić information content (AvgIpc) is 2.43. The molecular formula is C17H23NO. The third kappa shape index (κ3) is 3.46. The van der Waals surface area contributed by atoms with Gasteiger partial charge in [0.2, 0.25) is 5.91 Å². The third-order valence-corrected chi connectivity index (χ3v) is 4.04. The number of hydrogen-bond donors (Lipinski definition) is 0. The maximum absolute atomic E-state index is 12.0. The van der Waals surface area contributed by atoms with Gasteiger partial charge in [-0.3, -0.25) is 4.79 Å². The number of piperidine rings is 1. The topological polar surface area (TPSA) is 20.3 Å². The van der Waals surface area contributed by atoms with Crippen molar-refractivity contribution < 1.29 is 4.79 Å². The van der Waals surface area contributed by atoms with Gasteiger partial charge in [0.1, 0.15) is 0 Å². The Morgan fingerprint density at radius 3 is 2.21 bits per heavy atom. The van der Waals surface area contributed by atoms with E-state index in [9.17, 15) is 4.79 Å². The number of benzene rings is 1. The Bertz CT molecular complexity index is 473. The Morgan fingerprint density at radius 2 is 1.63 bits per heavy atom. The Kier molecular flexibility index (Phi) is 4.41. The van der Waals surface area contributed by atoms with Crippen LogP contribution >= 0.6 is 0 Å². The minimum absolute atomic E-state index is 0.149. The average molecular weight is 257 g/mol. The van der Waals surface area contributed by atoms with Crippen molar-refractivity contribution in [1.29, 1.82) is 0 Å². The largest absolute Gasteiger partial charge is 0.339 e. The predicted octanol–water partition coefficient (Wildman–Crippen LogP) is 3.64. The number of likely N-dealkylation sites (tertiary alicyclic amines) is 1. The first-order chi connectivity index (χ1) is 9.08.